The molecule has 33 heavy (non-hydrogen) atoms. The van der Waals surface area contributed by atoms with Gasteiger partial charge in [-0.3, -0.25) is 14.4 Å². The maximum atomic E-state index is 13.1. The van der Waals surface area contributed by atoms with E-state index in [4.69, 9.17) is 0 Å². The van der Waals surface area contributed by atoms with Crippen molar-refractivity contribution in [2.75, 3.05) is 17.2 Å². The number of hydrogen-bond donors (Lipinski definition) is 3. The first-order valence-corrected chi connectivity index (χ1v) is 12.2. The zero-order valence-electron chi connectivity index (χ0n) is 18.4. The fourth-order valence-corrected chi connectivity index (χ4v) is 5.98. The van der Waals surface area contributed by atoms with Crippen LogP contribution in [0.15, 0.2) is 47.4 Å². The summed E-state index contributed by atoms with van der Waals surface area (Å²) < 4.78 is 27.7. The van der Waals surface area contributed by atoms with Crippen LogP contribution in [0.3, 0.4) is 0 Å². The Morgan fingerprint density at radius 1 is 1.12 bits per heavy atom. The van der Waals surface area contributed by atoms with E-state index in [0.29, 0.717) is 24.1 Å². The highest BCUT2D eigenvalue weighted by Crippen LogP contribution is 2.27. The molecular weight excluding hydrogens is 444 g/mol. The second kappa shape index (κ2) is 8.95. The van der Waals surface area contributed by atoms with Crippen LogP contribution in [0.25, 0.3) is 0 Å². The number of carbonyl (C=O) groups excluding carboxylic acids is 3. The molecule has 174 valence electrons. The van der Waals surface area contributed by atoms with Crippen molar-refractivity contribution >= 4 is 39.1 Å². The number of nitrogens with one attached hydrogen (secondary N) is 3. The van der Waals surface area contributed by atoms with Crippen LogP contribution in [0.2, 0.25) is 0 Å². The summed E-state index contributed by atoms with van der Waals surface area (Å²) in [6.07, 6.45) is 1.24. The molecule has 0 radical (unpaired) electrons. The fraction of sp³-hybridized carbons (Fsp3) is 0.348. The average molecular weight is 471 g/mol. The second-order valence-corrected chi connectivity index (χ2v) is 10.4. The van der Waals surface area contributed by atoms with Crippen molar-refractivity contribution in [1.82, 2.24) is 9.62 Å². The van der Waals surface area contributed by atoms with E-state index < -0.39 is 10.0 Å². The molecule has 0 aliphatic carbocycles. The molecule has 0 saturated carbocycles. The Kier molecular flexibility index (Phi) is 6.22. The molecule has 2 atom stereocenters. The average Bonchev–Trinajstić information content (AvgIpc) is 3.12. The predicted molar refractivity (Wildman–Crippen MR) is 123 cm³/mol. The highest BCUT2D eigenvalue weighted by Gasteiger charge is 2.35. The van der Waals surface area contributed by atoms with Crippen molar-refractivity contribution in [3.63, 3.8) is 0 Å². The number of anilines is 2. The summed E-state index contributed by atoms with van der Waals surface area (Å²) in [5, 5.41) is 8.36. The fourth-order valence-electron chi connectivity index (χ4n) is 4.33. The monoisotopic (exact) mass is 470 g/mol. The third kappa shape index (κ3) is 4.91. The summed E-state index contributed by atoms with van der Waals surface area (Å²) in [5.41, 5.74) is 2.54. The number of rotatable bonds is 5. The Balaban J connectivity index is 1.39. The van der Waals surface area contributed by atoms with Gasteiger partial charge < -0.3 is 16.0 Å². The Bertz CT molecular complexity index is 1210. The summed E-state index contributed by atoms with van der Waals surface area (Å²) >= 11 is 0. The van der Waals surface area contributed by atoms with Crippen molar-refractivity contribution < 1.29 is 22.8 Å². The first-order valence-electron chi connectivity index (χ1n) is 10.8. The quantitative estimate of drug-likeness (QED) is 0.617. The third-order valence-corrected chi connectivity index (χ3v) is 7.95. The van der Waals surface area contributed by atoms with Gasteiger partial charge in [0, 0.05) is 42.5 Å². The highest BCUT2D eigenvalue weighted by molar-refractivity contribution is 7.89. The van der Waals surface area contributed by atoms with E-state index in [9.17, 15) is 22.8 Å². The molecule has 1 fully saturated rings. The smallest absolute Gasteiger partial charge is 0.251 e. The largest absolute Gasteiger partial charge is 0.349 e. The van der Waals surface area contributed by atoms with E-state index in [-0.39, 0.29) is 47.7 Å². The predicted octanol–water partition coefficient (Wildman–Crippen LogP) is 2.11. The van der Waals surface area contributed by atoms with E-state index in [1.807, 2.05) is 6.92 Å². The van der Waals surface area contributed by atoms with Crippen molar-refractivity contribution in [2.45, 2.75) is 50.1 Å². The Morgan fingerprint density at radius 2 is 1.85 bits per heavy atom. The number of carbonyl (C=O) groups is 3. The van der Waals surface area contributed by atoms with Crippen LogP contribution in [0.5, 0.6) is 0 Å². The Hall–Kier alpha value is -3.24. The van der Waals surface area contributed by atoms with Gasteiger partial charge in [0.2, 0.25) is 21.8 Å². The lowest BCUT2D eigenvalue weighted by Crippen LogP contribution is -2.50. The van der Waals surface area contributed by atoms with Gasteiger partial charge in [-0.05, 0) is 67.8 Å². The molecule has 0 unspecified atom stereocenters. The molecule has 2 heterocycles. The molecule has 2 aromatic rings. The lowest BCUT2D eigenvalue weighted by atomic mass is 10.00. The van der Waals surface area contributed by atoms with Gasteiger partial charge in [-0.25, -0.2) is 8.42 Å². The molecule has 0 aromatic heterocycles. The molecule has 3 N–H and O–H groups in total. The summed E-state index contributed by atoms with van der Waals surface area (Å²) in [6, 6.07) is 10.7. The van der Waals surface area contributed by atoms with Gasteiger partial charge in [-0.2, -0.15) is 4.31 Å². The van der Waals surface area contributed by atoms with Crippen molar-refractivity contribution in [3.8, 4) is 0 Å². The van der Waals surface area contributed by atoms with E-state index in [1.54, 1.807) is 30.3 Å². The standard InChI is InChI=1S/C23H26N4O5S/c1-14-11-19(25-23(30)16-3-8-21-17(12-16)13-22(29)26-21)9-10-27(14)33(31,32)20-6-4-18(5-7-20)24-15(2)28/h3-8,12,14,19H,9-11,13H2,1-2H3,(H,24,28)(H,25,30)(H,26,29)/t14-,19-/m0/s1. The molecule has 1 saturated heterocycles. The van der Waals surface area contributed by atoms with Crippen LogP contribution in [0, 0.1) is 0 Å². The summed E-state index contributed by atoms with van der Waals surface area (Å²) in [4.78, 5) is 35.6. The minimum absolute atomic E-state index is 0.0882. The van der Waals surface area contributed by atoms with Crippen LogP contribution in [-0.4, -0.2) is 49.1 Å². The molecule has 0 spiro atoms. The number of hydrogen-bond acceptors (Lipinski definition) is 5. The number of piperidine rings is 1. The van der Waals surface area contributed by atoms with Gasteiger partial charge in [-0.1, -0.05) is 0 Å². The lowest BCUT2D eigenvalue weighted by Gasteiger charge is -2.37. The van der Waals surface area contributed by atoms with Crippen LogP contribution in [0.4, 0.5) is 11.4 Å². The zero-order valence-corrected chi connectivity index (χ0v) is 19.2. The molecule has 3 amide bonds. The molecule has 2 aliphatic heterocycles. The van der Waals surface area contributed by atoms with E-state index >= 15 is 0 Å². The number of fused-ring (bicyclic) bond motifs is 1. The van der Waals surface area contributed by atoms with Crippen molar-refractivity contribution in [2.24, 2.45) is 0 Å². The number of amides is 3. The molecule has 10 heteroatoms. The van der Waals surface area contributed by atoms with Gasteiger partial charge in [-0.15, -0.1) is 0 Å². The molecule has 2 aromatic carbocycles. The maximum Gasteiger partial charge on any atom is 0.251 e. The van der Waals surface area contributed by atoms with E-state index in [1.165, 1.54) is 23.4 Å². The van der Waals surface area contributed by atoms with Gasteiger partial charge >= 0.3 is 0 Å². The van der Waals surface area contributed by atoms with Crippen LogP contribution < -0.4 is 16.0 Å². The second-order valence-electron chi connectivity index (χ2n) is 8.46. The summed E-state index contributed by atoms with van der Waals surface area (Å²) in [7, 11) is -3.70. The third-order valence-electron chi connectivity index (χ3n) is 5.92. The maximum absolute atomic E-state index is 13.1. The lowest BCUT2D eigenvalue weighted by molar-refractivity contribution is -0.115. The highest BCUT2D eigenvalue weighted by atomic mass is 32.2. The van der Waals surface area contributed by atoms with Gasteiger partial charge in [0.25, 0.3) is 5.91 Å². The minimum atomic E-state index is -3.70. The van der Waals surface area contributed by atoms with Gasteiger partial charge in [0.05, 0.1) is 11.3 Å². The first kappa shape index (κ1) is 22.9. The van der Waals surface area contributed by atoms with Crippen LogP contribution in [-0.2, 0) is 26.0 Å². The zero-order chi connectivity index (χ0) is 23.8. The first-order chi connectivity index (χ1) is 15.6. The Morgan fingerprint density at radius 3 is 2.52 bits per heavy atom. The molecular formula is C23H26N4O5S. The summed E-state index contributed by atoms with van der Waals surface area (Å²) in [5.74, 6) is -0.553. The van der Waals surface area contributed by atoms with Gasteiger partial charge in [0.1, 0.15) is 0 Å². The van der Waals surface area contributed by atoms with Crippen molar-refractivity contribution in [3.05, 3.63) is 53.6 Å². The molecule has 0 bridgehead atoms. The SMILES string of the molecule is CC(=O)Nc1ccc(S(=O)(=O)N2CC[C@H](NC(=O)c3ccc4c(c3)CC(=O)N4)C[C@@H]2C)cc1. The molecule has 9 nitrogen and oxygen atoms in total. The number of nitrogens with zero attached hydrogens (tertiary/aromatic N) is 1. The van der Waals surface area contributed by atoms with Crippen LogP contribution in [0.1, 0.15) is 42.6 Å². The Labute approximate surface area is 192 Å². The van der Waals surface area contributed by atoms with E-state index in [0.717, 1.165) is 11.3 Å². The normalized spacial score (nSPS) is 20.6. The van der Waals surface area contributed by atoms with Crippen LogP contribution >= 0.6 is 0 Å². The number of sulfonamides is 1. The van der Waals surface area contributed by atoms with Crippen molar-refractivity contribution in [1.29, 1.82) is 0 Å². The minimum Gasteiger partial charge on any atom is -0.349 e. The molecule has 4 rings (SSSR count). The topological polar surface area (TPSA) is 125 Å². The number of benzene rings is 2. The summed E-state index contributed by atoms with van der Waals surface area (Å²) in [6.45, 7) is 3.50. The van der Waals surface area contributed by atoms with Gasteiger partial charge in [0.15, 0.2) is 0 Å². The molecule has 2 aliphatic rings. The van der Waals surface area contributed by atoms with E-state index in [2.05, 4.69) is 16.0 Å².